The van der Waals surface area contributed by atoms with Gasteiger partial charge in [0, 0.05) is 11.1 Å². The Morgan fingerprint density at radius 3 is 1.53 bits per heavy atom. The van der Waals surface area contributed by atoms with Crippen molar-refractivity contribution in [1.29, 1.82) is 0 Å². The number of rotatable bonds is 21. The topological polar surface area (TPSA) is 98.8 Å². The Balaban J connectivity index is 1.74. The Bertz CT molecular complexity index is 631. The molecule has 0 amide bonds. The monoisotopic (exact) mass is 454 g/mol. The third kappa shape index (κ3) is 15.5. The average Bonchev–Trinajstić information content (AvgIpc) is 2.80. The van der Waals surface area contributed by atoms with Crippen molar-refractivity contribution in [3.63, 3.8) is 0 Å². The first-order chi connectivity index (χ1) is 15.6. The van der Waals surface area contributed by atoms with Crippen molar-refractivity contribution in [2.24, 2.45) is 0 Å². The van der Waals surface area contributed by atoms with Gasteiger partial charge in [0.1, 0.15) is 25.2 Å². The molecule has 0 saturated carbocycles. The smallest absolute Gasteiger partial charge is 0.333 e. The minimum absolute atomic E-state index is 0.200. The van der Waals surface area contributed by atoms with Gasteiger partial charge in [0.25, 0.3) is 0 Å². The maximum atomic E-state index is 11.1. The SMILES string of the molecule is C=C(C)C(=O)OCCOCCOCCOCCOCCOCCOc1ccc(C=O)cc1. The van der Waals surface area contributed by atoms with E-state index in [-0.39, 0.29) is 6.61 Å². The minimum Gasteiger partial charge on any atom is -0.491 e. The summed E-state index contributed by atoms with van der Waals surface area (Å²) in [7, 11) is 0. The molecule has 0 aliphatic carbocycles. The summed E-state index contributed by atoms with van der Waals surface area (Å²) in [6, 6.07) is 6.90. The summed E-state index contributed by atoms with van der Waals surface area (Å²) in [6.45, 7) is 10.2. The number of esters is 1. The Morgan fingerprint density at radius 1 is 0.719 bits per heavy atom. The van der Waals surface area contributed by atoms with Crippen molar-refractivity contribution in [3.8, 4) is 5.75 Å². The molecule has 0 saturated heterocycles. The normalized spacial score (nSPS) is 10.7. The Kier molecular flexibility index (Phi) is 16.8. The number of hydrogen-bond donors (Lipinski definition) is 0. The second kappa shape index (κ2) is 19.4. The summed E-state index contributed by atoms with van der Waals surface area (Å²) in [5.74, 6) is 0.286. The second-order valence-corrected chi connectivity index (χ2v) is 6.51. The van der Waals surface area contributed by atoms with Crippen LogP contribution in [0.4, 0.5) is 0 Å². The zero-order valence-corrected chi connectivity index (χ0v) is 18.8. The molecule has 0 aromatic heterocycles. The predicted molar refractivity (Wildman–Crippen MR) is 117 cm³/mol. The van der Waals surface area contributed by atoms with Crippen LogP contribution < -0.4 is 4.74 Å². The summed E-state index contributed by atoms with van der Waals surface area (Å²) in [5, 5.41) is 0. The van der Waals surface area contributed by atoms with Gasteiger partial charge >= 0.3 is 5.97 Å². The molecule has 0 N–H and O–H groups in total. The lowest BCUT2D eigenvalue weighted by atomic mass is 10.2. The van der Waals surface area contributed by atoms with Gasteiger partial charge in [-0.25, -0.2) is 4.79 Å². The van der Waals surface area contributed by atoms with Crippen molar-refractivity contribution in [2.45, 2.75) is 6.92 Å². The first-order valence-corrected chi connectivity index (χ1v) is 10.5. The molecule has 0 aliphatic heterocycles. The number of carbonyl (C=O) groups is 2. The van der Waals surface area contributed by atoms with E-state index in [0.717, 1.165) is 6.29 Å². The number of hydrogen-bond acceptors (Lipinski definition) is 9. The molecule has 0 radical (unpaired) electrons. The van der Waals surface area contributed by atoms with Crippen LogP contribution in [0, 0.1) is 0 Å². The number of ether oxygens (including phenoxy) is 7. The van der Waals surface area contributed by atoms with Gasteiger partial charge in [-0.3, -0.25) is 4.79 Å². The van der Waals surface area contributed by atoms with E-state index in [0.29, 0.717) is 89.6 Å². The highest BCUT2D eigenvalue weighted by Crippen LogP contribution is 2.10. The fraction of sp³-hybridized carbons (Fsp3) is 0.565. The number of benzene rings is 1. The van der Waals surface area contributed by atoms with E-state index in [1.54, 1.807) is 31.2 Å². The first-order valence-electron chi connectivity index (χ1n) is 10.5. The first kappa shape index (κ1) is 27.7. The van der Waals surface area contributed by atoms with Crippen molar-refractivity contribution < 1.29 is 42.7 Å². The van der Waals surface area contributed by atoms with Crippen LogP contribution in [-0.4, -0.2) is 91.5 Å². The molecule has 9 heteroatoms. The molecule has 180 valence electrons. The molecule has 32 heavy (non-hydrogen) atoms. The Hall–Kier alpha value is -2.30. The van der Waals surface area contributed by atoms with Gasteiger partial charge in [-0.1, -0.05) is 6.58 Å². The lowest BCUT2D eigenvalue weighted by Gasteiger charge is -2.09. The van der Waals surface area contributed by atoms with Crippen LogP contribution in [0.25, 0.3) is 0 Å². The molecule has 0 atom stereocenters. The Morgan fingerprint density at radius 2 is 1.12 bits per heavy atom. The average molecular weight is 455 g/mol. The van der Waals surface area contributed by atoms with Crippen LogP contribution in [-0.2, 0) is 33.2 Å². The summed E-state index contributed by atoms with van der Waals surface area (Å²) >= 11 is 0. The van der Waals surface area contributed by atoms with E-state index in [1.165, 1.54) is 0 Å². The number of carbonyl (C=O) groups excluding carboxylic acids is 2. The zero-order valence-electron chi connectivity index (χ0n) is 18.8. The lowest BCUT2D eigenvalue weighted by molar-refractivity contribution is -0.140. The molecule has 1 aromatic carbocycles. The van der Waals surface area contributed by atoms with E-state index < -0.39 is 5.97 Å². The van der Waals surface area contributed by atoms with Crippen molar-refractivity contribution in [3.05, 3.63) is 42.0 Å². The summed E-state index contributed by atoms with van der Waals surface area (Å²) in [4.78, 5) is 21.7. The van der Waals surface area contributed by atoms with Crippen LogP contribution in [0.2, 0.25) is 0 Å². The summed E-state index contributed by atoms with van der Waals surface area (Å²) in [5.41, 5.74) is 0.984. The molecule has 0 aliphatic rings. The molecule has 0 fully saturated rings. The molecule has 1 aromatic rings. The van der Waals surface area contributed by atoms with Crippen LogP contribution in [0.5, 0.6) is 5.75 Å². The summed E-state index contributed by atoms with van der Waals surface area (Å²) in [6.07, 6.45) is 0.792. The lowest BCUT2D eigenvalue weighted by Crippen LogP contribution is -2.15. The third-order valence-corrected chi connectivity index (χ3v) is 3.81. The van der Waals surface area contributed by atoms with Crippen molar-refractivity contribution >= 4 is 12.3 Å². The standard InChI is InChI=1S/C23H34O9/c1-20(2)23(25)32-18-16-30-14-12-28-10-8-26-7-9-27-11-13-29-15-17-31-22-5-3-21(19-24)4-6-22/h3-6,19H,1,7-18H2,2H3. The Labute approximate surface area is 189 Å². The summed E-state index contributed by atoms with van der Waals surface area (Å²) < 4.78 is 37.3. The van der Waals surface area contributed by atoms with E-state index in [4.69, 9.17) is 33.2 Å². The maximum absolute atomic E-state index is 11.1. The van der Waals surface area contributed by atoms with Crippen molar-refractivity contribution in [2.75, 3.05) is 79.3 Å². The molecule has 0 unspecified atom stereocenters. The predicted octanol–water partition coefficient (Wildman–Crippen LogP) is 2.08. The van der Waals surface area contributed by atoms with Gasteiger partial charge in [0.2, 0.25) is 0 Å². The molecule has 0 bridgehead atoms. The van der Waals surface area contributed by atoms with Gasteiger partial charge in [0.15, 0.2) is 0 Å². The maximum Gasteiger partial charge on any atom is 0.333 e. The fourth-order valence-corrected chi connectivity index (χ4v) is 2.16. The van der Waals surface area contributed by atoms with E-state index >= 15 is 0 Å². The van der Waals surface area contributed by atoms with Crippen LogP contribution >= 0.6 is 0 Å². The zero-order chi connectivity index (χ0) is 23.3. The largest absolute Gasteiger partial charge is 0.491 e. The van der Waals surface area contributed by atoms with Crippen LogP contribution in [0.3, 0.4) is 0 Å². The highest BCUT2D eigenvalue weighted by molar-refractivity contribution is 5.86. The quantitative estimate of drug-likeness (QED) is 0.120. The molecule has 0 spiro atoms. The molecular formula is C23H34O9. The molecule has 0 heterocycles. The van der Waals surface area contributed by atoms with E-state index in [1.807, 2.05) is 0 Å². The molecular weight excluding hydrogens is 420 g/mol. The van der Waals surface area contributed by atoms with Crippen LogP contribution in [0.15, 0.2) is 36.4 Å². The highest BCUT2D eigenvalue weighted by Gasteiger charge is 2.01. The van der Waals surface area contributed by atoms with Gasteiger partial charge in [0.05, 0.1) is 66.1 Å². The van der Waals surface area contributed by atoms with Gasteiger partial charge in [-0.15, -0.1) is 0 Å². The van der Waals surface area contributed by atoms with E-state index in [9.17, 15) is 9.59 Å². The number of aldehydes is 1. The molecule has 9 nitrogen and oxygen atoms in total. The minimum atomic E-state index is -0.413. The molecule has 1 rings (SSSR count). The van der Waals surface area contributed by atoms with Gasteiger partial charge in [-0.05, 0) is 31.2 Å². The van der Waals surface area contributed by atoms with Crippen LogP contribution in [0.1, 0.15) is 17.3 Å². The highest BCUT2D eigenvalue weighted by atomic mass is 16.6. The van der Waals surface area contributed by atoms with Gasteiger partial charge in [-0.2, -0.15) is 0 Å². The third-order valence-electron chi connectivity index (χ3n) is 3.81. The fourth-order valence-electron chi connectivity index (χ4n) is 2.16. The second-order valence-electron chi connectivity index (χ2n) is 6.51. The van der Waals surface area contributed by atoms with Crippen molar-refractivity contribution in [1.82, 2.24) is 0 Å². The van der Waals surface area contributed by atoms with Gasteiger partial charge < -0.3 is 33.2 Å². The van der Waals surface area contributed by atoms with E-state index in [2.05, 4.69) is 6.58 Å².